The zero-order chi connectivity index (χ0) is 14.5. The third kappa shape index (κ3) is 3.94. The maximum Gasteiger partial charge on any atom is 0.243 e. The van der Waals surface area contributed by atoms with Gasteiger partial charge in [0.2, 0.25) is 5.91 Å². The summed E-state index contributed by atoms with van der Waals surface area (Å²) in [6.45, 7) is 3.71. The molecule has 1 amide bonds. The molecule has 0 aromatic heterocycles. The third-order valence-electron chi connectivity index (χ3n) is 3.20. The highest BCUT2D eigenvalue weighted by Crippen LogP contribution is 2.23. The van der Waals surface area contributed by atoms with Crippen LogP contribution in [0.1, 0.15) is 18.9 Å². The molecule has 5 heteroatoms. The third-order valence-corrected chi connectivity index (χ3v) is 3.20. The normalized spacial score (nSPS) is 14.2. The van der Waals surface area contributed by atoms with Crippen LogP contribution < -0.4 is 11.1 Å². The van der Waals surface area contributed by atoms with Crippen LogP contribution in [0.3, 0.4) is 0 Å². The number of rotatable bonds is 7. The molecule has 0 saturated carbocycles. The lowest BCUT2D eigenvalue weighted by Crippen LogP contribution is -2.50. The van der Waals surface area contributed by atoms with E-state index in [4.69, 9.17) is 15.2 Å². The summed E-state index contributed by atoms with van der Waals surface area (Å²) >= 11 is 0. The fourth-order valence-electron chi connectivity index (χ4n) is 1.82. The van der Waals surface area contributed by atoms with E-state index in [1.807, 2.05) is 31.2 Å². The Bertz CT molecular complexity index is 432. The van der Waals surface area contributed by atoms with E-state index >= 15 is 0 Å². The summed E-state index contributed by atoms with van der Waals surface area (Å²) in [6, 6.07) is 7.72. The number of carbonyl (C=O) groups excluding carboxylic acids is 1. The first-order valence-electron chi connectivity index (χ1n) is 6.12. The lowest BCUT2D eigenvalue weighted by atomic mass is 9.95. The van der Waals surface area contributed by atoms with Gasteiger partial charge < -0.3 is 20.5 Å². The van der Waals surface area contributed by atoms with Crippen LogP contribution in [0.15, 0.2) is 24.3 Å². The Labute approximate surface area is 114 Å². The molecule has 0 bridgehead atoms. The summed E-state index contributed by atoms with van der Waals surface area (Å²) in [4.78, 5) is 11.8. The van der Waals surface area contributed by atoms with E-state index in [9.17, 15) is 4.79 Å². The number of nitrogens with one attached hydrogen (secondary N) is 1. The first-order valence-corrected chi connectivity index (χ1v) is 6.12. The minimum Gasteiger partial charge on any atom is -0.371 e. The Hall–Kier alpha value is -1.59. The summed E-state index contributed by atoms with van der Waals surface area (Å²) in [5, 5.41) is 3.19. The summed E-state index contributed by atoms with van der Waals surface area (Å²) < 4.78 is 10.3. The van der Waals surface area contributed by atoms with Crippen molar-refractivity contribution in [1.82, 2.24) is 0 Å². The number of carbonyl (C=O) groups is 1. The number of benzene rings is 1. The zero-order valence-corrected chi connectivity index (χ0v) is 11.9. The van der Waals surface area contributed by atoms with Crippen molar-refractivity contribution in [3.8, 4) is 0 Å². The number of para-hydroxylation sites is 1. The number of nitrogens with two attached hydrogens (primary N) is 1. The number of anilines is 1. The van der Waals surface area contributed by atoms with Gasteiger partial charge in [-0.25, -0.2) is 0 Å². The molecular weight excluding hydrogens is 244 g/mol. The number of hydrogen-bond donors (Lipinski definition) is 2. The van der Waals surface area contributed by atoms with Gasteiger partial charge in [0.05, 0.1) is 0 Å². The van der Waals surface area contributed by atoms with Gasteiger partial charge in [-0.15, -0.1) is 0 Å². The van der Waals surface area contributed by atoms with E-state index in [1.165, 1.54) is 14.2 Å². The second-order valence-electron chi connectivity index (χ2n) is 4.74. The minimum absolute atomic E-state index is 0.323. The van der Waals surface area contributed by atoms with Crippen LogP contribution in [-0.4, -0.2) is 32.0 Å². The number of amides is 1. The fourth-order valence-corrected chi connectivity index (χ4v) is 1.82. The molecule has 3 N–H and O–H groups in total. The summed E-state index contributed by atoms with van der Waals surface area (Å²) in [5.74, 6) is -0.449. The Balaban J connectivity index is 2.94. The monoisotopic (exact) mass is 266 g/mol. The van der Waals surface area contributed by atoms with Gasteiger partial charge in [0.15, 0.2) is 6.29 Å². The van der Waals surface area contributed by atoms with Crippen LogP contribution in [0.5, 0.6) is 0 Å². The maximum absolute atomic E-state index is 11.8. The average Bonchev–Trinajstić information content (AvgIpc) is 2.38. The van der Waals surface area contributed by atoms with Gasteiger partial charge in [-0.1, -0.05) is 18.2 Å². The molecule has 0 saturated heterocycles. The van der Waals surface area contributed by atoms with Gasteiger partial charge in [-0.05, 0) is 25.5 Å². The zero-order valence-electron chi connectivity index (χ0n) is 11.9. The number of ether oxygens (including phenoxy) is 2. The van der Waals surface area contributed by atoms with E-state index < -0.39 is 17.7 Å². The molecule has 0 fully saturated rings. The van der Waals surface area contributed by atoms with Crippen molar-refractivity contribution in [2.75, 3.05) is 19.5 Å². The number of hydrogen-bond acceptors (Lipinski definition) is 4. The van der Waals surface area contributed by atoms with Gasteiger partial charge in [-0.2, -0.15) is 0 Å². The van der Waals surface area contributed by atoms with Gasteiger partial charge in [0, 0.05) is 26.3 Å². The van der Waals surface area contributed by atoms with E-state index in [2.05, 4.69) is 5.32 Å². The van der Waals surface area contributed by atoms with Gasteiger partial charge in [0.1, 0.15) is 5.54 Å². The van der Waals surface area contributed by atoms with Crippen LogP contribution in [-0.2, 0) is 14.3 Å². The van der Waals surface area contributed by atoms with Crippen molar-refractivity contribution >= 4 is 11.6 Å². The molecule has 1 unspecified atom stereocenters. The van der Waals surface area contributed by atoms with Gasteiger partial charge in [-0.3, -0.25) is 4.79 Å². The number of primary amides is 1. The highest BCUT2D eigenvalue weighted by molar-refractivity contribution is 5.87. The Kier molecular flexibility index (Phi) is 5.32. The van der Waals surface area contributed by atoms with Crippen molar-refractivity contribution in [3.63, 3.8) is 0 Å². The average molecular weight is 266 g/mol. The van der Waals surface area contributed by atoms with Gasteiger partial charge in [0.25, 0.3) is 0 Å². The molecule has 0 aliphatic rings. The molecule has 1 aromatic rings. The van der Waals surface area contributed by atoms with Crippen LogP contribution in [0, 0.1) is 6.92 Å². The molecule has 5 nitrogen and oxygen atoms in total. The maximum atomic E-state index is 11.8. The second kappa shape index (κ2) is 6.54. The smallest absolute Gasteiger partial charge is 0.243 e. The molecule has 106 valence electrons. The molecule has 1 aromatic carbocycles. The van der Waals surface area contributed by atoms with Crippen LogP contribution in [0.4, 0.5) is 5.69 Å². The molecule has 0 spiro atoms. The molecule has 1 rings (SSSR count). The first-order chi connectivity index (χ1) is 8.92. The predicted octanol–water partition coefficient (Wildman–Crippen LogP) is 1.66. The highest BCUT2D eigenvalue weighted by Gasteiger charge is 2.34. The lowest BCUT2D eigenvalue weighted by molar-refractivity contribution is -0.134. The second-order valence-corrected chi connectivity index (χ2v) is 4.74. The fraction of sp³-hybridized carbons (Fsp3) is 0.500. The van der Waals surface area contributed by atoms with Gasteiger partial charge >= 0.3 is 0 Å². The van der Waals surface area contributed by atoms with Crippen LogP contribution >= 0.6 is 0 Å². The van der Waals surface area contributed by atoms with Crippen LogP contribution in [0.2, 0.25) is 0 Å². The Morgan fingerprint density at radius 1 is 1.37 bits per heavy atom. The lowest BCUT2D eigenvalue weighted by Gasteiger charge is -2.31. The predicted molar refractivity (Wildman–Crippen MR) is 74.8 cm³/mol. The van der Waals surface area contributed by atoms with E-state index in [0.29, 0.717) is 6.42 Å². The first kappa shape index (κ1) is 15.5. The SMILES string of the molecule is COC(CC(C)(Nc1ccccc1C)C(N)=O)OC. The molecule has 0 aliphatic heterocycles. The van der Waals surface area contributed by atoms with Crippen molar-refractivity contribution in [3.05, 3.63) is 29.8 Å². The Morgan fingerprint density at radius 3 is 2.42 bits per heavy atom. The topological polar surface area (TPSA) is 73.6 Å². The molecule has 0 heterocycles. The minimum atomic E-state index is -0.942. The molecule has 0 aliphatic carbocycles. The highest BCUT2D eigenvalue weighted by atomic mass is 16.7. The quantitative estimate of drug-likeness (QED) is 0.736. The van der Waals surface area contributed by atoms with E-state index in [1.54, 1.807) is 6.92 Å². The van der Waals surface area contributed by atoms with Crippen molar-refractivity contribution in [2.45, 2.75) is 32.1 Å². The van der Waals surface area contributed by atoms with Crippen LogP contribution in [0.25, 0.3) is 0 Å². The Morgan fingerprint density at radius 2 is 1.95 bits per heavy atom. The molecule has 1 atom stereocenters. The molecule has 0 radical (unpaired) electrons. The number of methoxy groups -OCH3 is 2. The largest absolute Gasteiger partial charge is 0.371 e. The van der Waals surface area contributed by atoms with E-state index in [0.717, 1.165) is 11.3 Å². The molecule has 19 heavy (non-hydrogen) atoms. The standard InChI is InChI=1S/C14H22N2O3/c1-10-7-5-6-8-11(10)16-14(2,13(15)17)9-12(18-3)19-4/h5-8,12,16H,9H2,1-4H3,(H2,15,17). The van der Waals surface area contributed by atoms with E-state index in [-0.39, 0.29) is 0 Å². The van der Waals surface area contributed by atoms with Crippen molar-refractivity contribution < 1.29 is 14.3 Å². The summed E-state index contributed by atoms with van der Waals surface area (Å²) in [6.07, 6.45) is -0.169. The van der Waals surface area contributed by atoms with Crippen molar-refractivity contribution in [1.29, 1.82) is 0 Å². The molecular formula is C14H22N2O3. The summed E-state index contributed by atoms with van der Waals surface area (Å²) in [7, 11) is 3.06. The van der Waals surface area contributed by atoms with Crippen molar-refractivity contribution in [2.24, 2.45) is 5.73 Å². The number of aryl methyl sites for hydroxylation is 1. The summed E-state index contributed by atoms with van der Waals surface area (Å²) in [5.41, 5.74) is 6.49.